The summed E-state index contributed by atoms with van der Waals surface area (Å²) in [7, 11) is -4.10. The van der Waals surface area contributed by atoms with Gasteiger partial charge in [-0.15, -0.1) is 13.2 Å². The molecule has 1 N–H and O–H groups in total. The lowest BCUT2D eigenvalue weighted by molar-refractivity contribution is -0.274. The van der Waals surface area contributed by atoms with Crippen LogP contribution in [0.5, 0.6) is 5.75 Å². The van der Waals surface area contributed by atoms with Crippen LogP contribution in [0.3, 0.4) is 0 Å². The lowest BCUT2D eigenvalue weighted by atomic mass is 10.3. The first-order valence-corrected chi connectivity index (χ1v) is 7.92. The van der Waals surface area contributed by atoms with Crippen molar-refractivity contribution in [2.75, 3.05) is 0 Å². The maximum atomic E-state index is 12.2. The summed E-state index contributed by atoms with van der Waals surface area (Å²) < 4.78 is 64.6. The first kappa shape index (κ1) is 17.3. The molecule has 0 unspecified atom stereocenters. The monoisotopic (exact) mass is 368 g/mol. The first-order valence-electron chi connectivity index (χ1n) is 5.89. The van der Waals surface area contributed by atoms with Gasteiger partial charge in [0.1, 0.15) is 22.3 Å². The number of aromatic nitrogens is 2. The number of aromatic amines is 1. The minimum atomic E-state index is -4.95. The summed E-state index contributed by atoms with van der Waals surface area (Å²) in [5.41, 5.74) is -1.04. The van der Waals surface area contributed by atoms with E-state index in [4.69, 9.17) is 11.6 Å². The van der Waals surface area contributed by atoms with Crippen LogP contribution in [0.15, 0.2) is 40.0 Å². The summed E-state index contributed by atoms with van der Waals surface area (Å²) in [4.78, 5) is 11.2. The van der Waals surface area contributed by atoms with E-state index in [1.54, 1.807) is 0 Å². The number of nitrogens with one attached hydrogen (secondary N) is 1. The third-order valence-electron chi connectivity index (χ3n) is 2.56. The number of H-pyrrole nitrogens is 1. The molecule has 0 bridgehead atoms. The van der Waals surface area contributed by atoms with Gasteiger partial charge in [0.2, 0.25) is 5.43 Å². The number of rotatable bonds is 4. The second-order valence-corrected chi connectivity index (χ2v) is 6.71. The van der Waals surface area contributed by atoms with Gasteiger partial charge >= 0.3 is 6.36 Å². The topological polar surface area (TPSA) is 89.1 Å². The third kappa shape index (κ3) is 4.70. The van der Waals surface area contributed by atoms with E-state index in [1.165, 1.54) is 0 Å². The van der Waals surface area contributed by atoms with E-state index in [2.05, 4.69) is 14.9 Å². The molecule has 11 heteroatoms. The van der Waals surface area contributed by atoms with Gasteiger partial charge in [-0.3, -0.25) is 9.89 Å². The zero-order valence-electron chi connectivity index (χ0n) is 11.1. The predicted octanol–water partition coefficient (Wildman–Crippen LogP) is 2.30. The fourth-order valence-corrected chi connectivity index (χ4v) is 3.09. The van der Waals surface area contributed by atoms with E-state index in [-0.39, 0.29) is 10.8 Å². The maximum Gasteiger partial charge on any atom is 0.573 e. The van der Waals surface area contributed by atoms with Crippen molar-refractivity contribution >= 4 is 21.4 Å². The van der Waals surface area contributed by atoms with Crippen LogP contribution in [0.1, 0.15) is 5.69 Å². The van der Waals surface area contributed by atoms with E-state index in [0.29, 0.717) is 6.07 Å². The fraction of sp³-hybridized carbons (Fsp3) is 0.167. The number of hydrogen-bond acceptors (Lipinski definition) is 5. The molecule has 23 heavy (non-hydrogen) atoms. The van der Waals surface area contributed by atoms with E-state index < -0.39 is 38.0 Å². The van der Waals surface area contributed by atoms with Crippen LogP contribution in [-0.4, -0.2) is 25.0 Å². The normalized spacial score (nSPS) is 12.2. The van der Waals surface area contributed by atoms with Gasteiger partial charge < -0.3 is 4.74 Å². The Kier molecular flexibility index (Phi) is 4.66. The molecule has 1 aromatic heterocycles. The highest BCUT2D eigenvalue weighted by Gasteiger charge is 2.31. The summed E-state index contributed by atoms with van der Waals surface area (Å²) in [6, 6.07) is 4.80. The molecule has 0 radical (unpaired) electrons. The minimum absolute atomic E-state index is 0.0725. The number of halogens is 4. The number of hydrogen-bond donors (Lipinski definition) is 1. The number of alkyl halides is 3. The Morgan fingerprint density at radius 1 is 1.26 bits per heavy atom. The van der Waals surface area contributed by atoms with Crippen LogP contribution in [0.4, 0.5) is 13.2 Å². The molecule has 0 saturated heterocycles. The Bertz CT molecular complexity index is 880. The van der Waals surface area contributed by atoms with Crippen LogP contribution in [-0.2, 0) is 15.6 Å². The minimum Gasteiger partial charge on any atom is -0.406 e. The Balaban J connectivity index is 2.33. The summed E-state index contributed by atoms with van der Waals surface area (Å²) in [6.45, 7) is 0. The van der Waals surface area contributed by atoms with Crippen LogP contribution < -0.4 is 10.2 Å². The van der Waals surface area contributed by atoms with Crippen molar-refractivity contribution in [2.24, 2.45) is 0 Å². The van der Waals surface area contributed by atoms with Gasteiger partial charge in [0.15, 0.2) is 9.84 Å². The highest BCUT2D eigenvalue weighted by Crippen LogP contribution is 2.25. The van der Waals surface area contributed by atoms with Crippen molar-refractivity contribution < 1.29 is 26.3 Å². The molecule has 0 saturated carbocycles. The highest BCUT2D eigenvalue weighted by atomic mass is 35.5. The molecule has 0 atom stereocenters. The van der Waals surface area contributed by atoms with Crippen molar-refractivity contribution in [1.82, 2.24) is 10.2 Å². The van der Waals surface area contributed by atoms with Crippen molar-refractivity contribution in [3.05, 3.63) is 51.4 Å². The molecule has 2 rings (SSSR count). The maximum absolute atomic E-state index is 12.2. The molecule has 0 amide bonds. The fourth-order valence-electron chi connectivity index (χ4n) is 1.64. The van der Waals surface area contributed by atoms with Crippen molar-refractivity contribution in [2.45, 2.75) is 17.0 Å². The molecular weight excluding hydrogens is 361 g/mol. The van der Waals surface area contributed by atoms with Crippen molar-refractivity contribution in [1.29, 1.82) is 0 Å². The van der Waals surface area contributed by atoms with Gasteiger partial charge in [-0.25, -0.2) is 8.42 Å². The smallest absolute Gasteiger partial charge is 0.406 e. The SMILES string of the molecule is O=c1cc(Cl)[nH]nc1CS(=O)(=O)c1cccc(OC(F)(F)F)c1. The lowest BCUT2D eigenvalue weighted by Gasteiger charge is -2.10. The zero-order valence-corrected chi connectivity index (χ0v) is 12.7. The first-order chi connectivity index (χ1) is 10.6. The second kappa shape index (κ2) is 6.20. The van der Waals surface area contributed by atoms with Gasteiger partial charge in [-0.05, 0) is 18.2 Å². The van der Waals surface area contributed by atoms with Gasteiger partial charge in [0, 0.05) is 6.07 Å². The number of ether oxygens (including phenoxy) is 1. The van der Waals surface area contributed by atoms with Crippen LogP contribution >= 0.6 is 11.6 Å². The number of sulfone groups is 1. The number of benzene rings is 1. The molecule has 0 aliphatic heterocycles. The Morgan fingerprint density at radius 2 is 1.96 bits per heavy atom. The van der Waals surface area contributed by atoms with E-state index >= 15 is 0 Å². The van der Waals surface area contributed by atoms with Gasteiger partial charge in [0.05, 0.1) is 4.90 Å². The second-order valence-electron chi connectivity index (χ2n) is 4.31. The zero-order chi connectivity index (χ0) is 17.3. The highest BCUT2D eigenvalue weighted by molar-refractivity contribution is 7.90. The predicted molar refractivity (Wildman–Crippen MR) is 73.9 cm³/mol. The van der Waals surface area contributed by atoms with E-state index in [1.807, 2.05) is 0 Å². The van der Waals surface area contributed by atoms with Crippen LogP contribution in [0.2, 0.25) is 5.15 Å². The summed E-state index contributed by atoms with van der Waals surface area (Å²) in [5.74, 6) is -1.48. The molecule has 6 nitrogen and oxygen atoms in total. The molecular formula is C12H8ClF3N2O4S. The van der Waals surface area contributed by atoms with Crippen molar-refractivity contribution in [3.63, 3.8) is 0 Å². The van der Waals surface area contributed by atoms with E-state index in [0.717, 1.165) is 24.3 Å². The molecule has 1 aromatic carbocycles. The molecule has 0 spiro atoms. The molecule has 124 valence electrons. The van der Waals surface area contributed by atoms with E-state index in [9.17, 15) is 26.4 Å². The average Bonchev–Trinajstić information content (AvgIpc) is 2.40. The Hall–Kier alpha value is -2.07. The molecule has 0 aliphatic rings. The average molecular weight is 369 g/mol. The molecule has 0 fully saturated rings. The Labute approximate surface area is 132 Å². The quantitative estimate of drug-likeness (QED) is 0.894. The number of nitrogens with zero attached hydrogens (tertiary/aromatic N) is 1. The van der Waals surface area contributed by atoms with Crippen LogP contribution in [0.25, 0.3) is 0 Å². The van der Waals surface area contributed by atoms with Crippen molar-refractivity contribution in [3.8, 4) is 5.75 Å². The van der Waals surface area contributed by atoms with Gasteiger partial charge in [-0.2, -0.15) is 5.10 Å². The third-order valence-corrected chi connectivity index (χ3v) is 4.38. The summed E-state index contributed by atoms with van der Waals surface area (Å²) in [6.07, 6.45) is -4.95. The summed E-state index contributed by atoms with van der Waals surface area (Å²) >= 11 is 5.50. The molecule has 0 aliphatic carbocycles. The van der Waals surface area contributed by atoms with Gasteiger partial charge in [-0.1, -0.05) is 17.7 Å². The van der Waals surface area contributed by atoms with Crippen LogP contribution in [0, 0.1) is 0 Å². The van der Waals surface area contributed by atoms with Gasteiger partial charge in [0.25, 0.3) is 0 Å². The molecule has 1 heterocycles. The summed E-state index contributed by atoms with van der Waals surface area (Å²) in [5, 5.41) is 5.67. The standard InChI is InChI=1S/C12H8ClF3N2O4S/c13-11-5-10(19)9(17-18-11)6-23(20,21)8-3-1-2-7(4-8)22-12(14,15)16/h1-5H,6H2,(H,18,19). The largest absolute Gasteiger partial charge is 0.573 e. The lowest BCUT2D eigenvalue weighted by Crippen LogP contribution is -2.18. The Morgan fingerprint density at radius 3 is 2.57 bits per heavy atom. The molecule has 2 aromatic rings.